The van der Waals surface area contributed by atoms with Crippen molar-refractivity contribution < 1.29 is 23.9 Å². The maximum atomic E-state index is 12.5. The van der Waals surface area contributed by atoms with Gasteiger partial charge in [0.05, 0.1) is 22.4 Å². The van der Waals surface area contributed by atoms with E-state index in [1.165, 1.54) is 24.3 Å². The van der Waals surface area contributed by atoms with E-state index in [4.69, 9.17) is 4.74 Å². The molecule has 0 aliphatic carbocycles. The van der Waals surface area contributed by atoms with Crippen LogP contribution in [0.1, 0.15) is 51.3 Å². The first-order valence-corrected chi connectivity index (χ1v) is 8.96. The van der Waals surface area contributed by atoms with Gasteiger partial charge < -0.3 is 10.1 Å². The zero-order valence-corrected chi connectivity index (χ0v) is 15.6. The molecule has 0 radical (unpaired) electrons. The summed E-state index contributed by atoms with van der Waals surface area (Å²) in [5.74, 6) is -1.84. The molecule has 1 atom stereocenters. The van der Waals surface area contributed by atoms with E-state index in [0.717, 1.165) is 11.3 Å². The number of carbonyl (C=O) groups is 4. The molecule has 7 nitrogen and oxygen atoms in total. The number of anilines is 1. The second-order valence-corrected chi connectivity index (χ2v) is 6.49. The number of fused-ring (bicyclic) bond motifs is 1. The summed E-state index contributed by atoms with van der Waals surface area (Å²) in [7, 11) is 0. The molecule has 0 saturated heterocycles. The van der Waals surface area contributed by atoms with Gasteiger partial charge in [0.15, 0.2) is 6.61 Å². The van der Waals surface area contributed by atoms with E-state index in [1.54, 1.807) is 24.3 Å². The van der Waals surface area contributed by atoms with E-state index in [9.17, 15) is 19.2 Å². The van der Waals surface area contributed by atoms with Crippen molar-refractivity contribution in [2.45, 2.75) is 26.3 Å². The minimum absolute atomic E-state index is 0.00476. The maximum Gasteiger partial charge on any atom is 0.338 e. The number of ether oxygens (including phenoxy) is 1. The predicted octanol–water partition coefficient (Wildman–Crippen LogP) is 2.56. The number of benzene rings is 2. The lowest BCUT2D eigenvalue weighted by Crippen LogP contribution is -2.35. The lowest BCUT2D eigenvalue weighted by atomic mass is 10.1. The maximum absolute atomic E-state index is 12.5. The average molecular weight is 380 g/mol. The van der Waals surface area contributed by atoms with E-state index < -0.39 is 17.8 Å². The highest BCUT2D eigenvalue weighted by molar-refractivity contribution is 6.34. The number of amides is 3. The van der Waals surface area contributed by atoms with Crippen LogP contribution in [0.25, 0.3) is 0 Å². The van der Waals surface area contributed by atoms with Gasteiger partial charge in [-0.05, 0) is 49.7 Å². The molecule has 1 aliphatic rings. The number of rotatable bonds is 6. The van der Waals surface area contributed by atoms with E-state index >= 15 is 0 Å². The third-order valence-electron chi connectivity index (χ3n) is 4.51. The highest BCUT2D eigenvalue weighted by Gasteiger charge is 2.36. The molecule has 7 heteroatoms. The molecule has 3 rings (SSSR count). The van der Waals surface area contributed by atoms with Crippen molar-refractivity contribution in [2.75, 3.05) is 11.5 Å². The Morgan fingerprint density at radius 1 is 1.00 bits per heavy atom. The number of hydrogen-bond donors (Lipinski definition) is 1. The molecule has 3 amide bonds. The van der Waals surface area contributed by atoms with E-state index in [0.29, 0.717) is 16.8 Å². The molecule has 0 aromatic heterocycles. The predicted molar refractivity (Wildman–Crippen MR) is 102 cm³/mol. The van der Waals surface area contributed by atoms with Gasteiger partial charge >= 0.3 is 5.97 Å². The minimum atomic E-state index is -0.659. The van der Waals surface area contributed by atoms with Gasteiger partial charge in [-0.2, -0.15) is 0 Å². The van der Waals surface area contributed by atoms with Crippen LogP contribution in [0.3, 0.4) is 0 Å². The van der Waals surface area contributed by atoms with Crippen LogP contribution in [0, 0.1) is 0 Å². The molecule has 144 valence electrons. The monoisotopic (exact) mass is 380 g/mol. The van der Waals surface area contributed by atoms with Crippen molar-refractivity contribution in [3.8, 4) is 0 Å². The zero-order valence-electron chi connectivity index (χ0n) is 15.6. The first-order chi connectivity index (χ1) is 13.4. The number of hydrogen-bond acceptors (Lipinski definition) is 5. The largest absolute Gasteiger partial charge is 0.452 e. The zero-order chi connectivity index (χ0) is 20.3. The molecule has 0 spiro atoms. The fraction of sp³-hybridized carbons (Fsp3) is 0.238. The summed E-state index contributed by atoms with van der Waals surface area (Å²) in [6.45, 7) is 3.42. The van der Waals surface area contributed by atoms with Crippen molar-refractivity contribution in [2.24, 2.45) is 0 Å². The number of esters is 1. The van der Waals surface area contributed by atoms with Crippen LogP contribution >= 0.6 is 0 Å². The SMILES string of the molecule is CCC(C)NC(=O)COC(=O)c1ccc(N2C(=O)c3ccccc3C2=O)cc1. The summed E-state index contributed by atoms with van der Waals surface area (Å²) in [5.41, 5.74) is 1.28. The second kappa shape index (κ2) is 8.04. The van der Waals surface area contributed by atoms with E-state index in [-0.39, 0.29) is 24.1 Å². The number of nitrogens with zero attached hydrogens (tertiary/aromatic N) is 1. The fourth-order valence-corrected chi connectivity index (χ4v) is 2.80. The van der Waals surface area contributed by atoms with Gasteiger partial charge in [0, 0.05) is 6.04 Å². The van der Waals surface area contributed by atoms with Crippen LogP contribution in [0.4, 0.5) is 5.69 Å². The summed E-state index contributed by atoms with van der Waals surface area (Å²) >= 11 is 0. The Hall–Kier alpha value is -3.48. The fourth-order valence-electron chi connectivity index (χ4n) is 2.80. The lowest BCUT2D eigenvalue weighted by molar-refractivity contribution is -0.124. The Kier molecular flexibility index (Phi) is 5.54. The van der Waals surface area contributed by atoms with E-state index in [2.05, 4.69) is 5.32 Å². The van der Waals surface area contributed by atoms with Gasteiger partial charge in [-0.1, -0.05) is 19.1 Å². The van der Waals surface area contributed by atoms with Gasteiger partial charge in [0.1, 0.15) is 0 Å². The van der Waals surface area contributed by atoms with Crippen LogP contribution in [-0.4, -0.2) is 36.3 Å². The first-order valence-electron chi connectivity index (χ1n) is 8.96. The summed E-state index contributed by atoms with van der Waals surface area (Å²) in [6.07, 6.45) is 0.777. The topological polar surface area (TPSA) is 92.8 Å². The molecule has 0 bridgehead atoms. The third kappa shape index (κ3) is 3.78. The molecule has 1 unspecified atom stereocenters. The molecule has 1 heterocycles. The van der Waals surface area contributed by atoms with E-state index in [1.807, 2.05) is 13.8 Å². The Bertz CT molecular complexity index is 901. The van der Waals surface area contributed by atoms with Gasteiger partial charge in [0.2, 0.25) is 0 Å². The molecule has 1 aliphatic heterocycles. The van der Waals surface area contributed by atoms with Crippen LogP contribution in [0.5, 0.6) is 0 Å². The number of imide groups is 1. The van der Waals surface area contributed by atoms with Crippen LogP contribution in [-0.2, 0) is 9.53 Å². The summed E-state index contributed by atoms with van der Waals surface area (Å²) in [6, 6.07) is 12.5. The molecule has 2 aromatic carbocycles. The summed E-state index contributed by atoms with van der Waals surface area (Å²) < 4.78 is 5.00. The van der Waals surface area contributed by atoms with Crippen molar-refractivity contribution in [1.29, 1.82) is 0 Å². The molecule has 0 saturated carbocycles. The highest BCUT2D eigenvalue weighted by Crippen LogP contribution is 2.28. The molecular formula is C21H20N2O5. The number of nitrogens with one attached hydrogen (secondary N) is 1. The number of carbonyl (C=O) groups excluding carboxylic acids is 4. The highest BCUT2D eigenvalue weighted by atomic mass is 16.5. The third-order valence-corrected chi connectivity index (χ3v) is 4.51. The Labute approximate surface area is 162 Å². The van der Waals surface area contributed by atoms with Crippen LogP contribution in [0.2, 0.25) is 0 Å². The lowest BCUT2D eigenvalue weighted by Gasteiger charge is -2.14. The van der Waals surface area contributed by atoms with Crippen LogP contribution in [0.15, 0.2) is 48.5 Å². The Morgan fingerprint density at radius 3 is 2.11 bits per heavy atom. The van der Waals surface area contributed by atoms with Crippen molar-refractivity contribution in [3.05, 3.63) is 65.2 Å². The second-order valence-electron chi connectivity index (χ2n) is 6.49. The van der Waals surface area contributed by atoms with Gasteiger partial charge in [-0.25, -0.2) is 9.69 Å². The Morgan fingerprint density at radius 2 is 1.57 bits per heavy atom. The smallest absolute Gasteiger partial charge is 0.338 e. The van der Waals surface area contributed by atoms with Crippen molar-refractivity contribution in [3.63, 3.8) is 0 Å². The molecule has 28 heavy (non-hydrogen) atoms. The Balaban J connectivity index is 1.66. The first kappa shape index (κ1) is 19.3. The molecular weight excluding hydrogens is 360 g/mol. The van der Waals surface area contributed by atoms with Crippen molar-refractivity contribution >= 4 is 29.4 Å². The quantitative estimate of drug-likeness (QED) is 0.614. The van der Waals surface area contributed by atoms with Crippen molar-refractivity contribution in [1.82, 2.24) is 5.32 Å². The minimum Gasteiger partial charge on any atom is -0.452 e. The summed E-state index contributed by atoms with van der Waals surface area (Å²) in [5, 5.41) is 2.70. The molecule has 2 aromatic rings. The van der Waals surface area contributed by atoms with Gasteiger partial charge in [-0.15, -0.1) is 0 Å². The summed E-state index contributed by atoms with van der Waals surface area (Å²) in [4.78, 5) is 49.8. The van der Waals surface area contributed by atoms with Crippen LogP contribution < -0.4 is 10.2 Å². The molecule has 1 N–H and O–H groups in total. The average Bonchev–Trinajstić information content (AvgIpc) is 2.97. The molecule has 0 fully saturated rings. The van der Waals surface area contributed by atoms with Gasteiger partial charge in [-0.3, -0.25) is 14.4 Å². The van der Waals surface area contributed by atoms with Gasteiger partial charge in [0.25, 0.3) is 17.7 Å². The standard InChI is InChI=1S/C21H20N2O5/c1-3-13(2)22-18(24)12-28-21(27)14-8-10-15(11-9-14)23-19(25)16-6-4-5-7-17(16)20(23)26/h4-11,13H,3,12H2,1-2H3,(H,22,24). The normalized spacial score (nSPS) is 13.9.